The third kappa shape index (κ3) is 5.31. The molecule has 2 aliphatic rings. The van der Waals surface area contributed by atoms with Crippen LogP contribution in [0.25, 0.3) is 0 Å². The van der Waals surface area contributed by atoms with Crippen LogP contribution in [0.4, 0.5) is 21.7 Å². The third-order valence-corrected chi connectivity index (χ3v) is 5.52. The van der Waals surface area contributed by atoms with E-state index in [1.165, 1.54) is 17.0 Å². The molecule has 170 valence electrons. The first-order valence-corrected chi connectivity index (χ1v) is 10.8. The summed E-state index contributed by atoms with van der Waals surface area (Å²) in [5, 5.41) is 6.10. The van der Waals surface area contributed by atoms with Gasteiger partial charge in [-0.1, -0.05) is 0 Å². The van der Waals surface area contributed by atoms with Crippen molar-refractivity contribution in [1.82, 2.24) is 15.3 Å². The number of anilines is 3. The molecule has 0 bridgehead atoms. The minimum atomic E-state index is -0.429. The predicted molar refractivity (Wildman–Crippen MR) is 118 cm³/mol. The number of benzene rings is 1. The molecule has 0 spiro atoms. The van der Waals surface area contributed by atoms with Gasteiger partial charge in [-0.05, 0) is 31.2 Å². The lowest BCUT2D eigenvalue weighted by molar-refractivity contribution is -0.126. The van der Waals surface area contributed by atoms with Crippen molar-refractivity contribution in [3.05, 3.63) is 42.0 Å². The topological polar surface area (TPSA) is 99.7 Å². The molecule has 32 heavy (non-hydrogen) atoms. The maximum Gasteiger partial charge on any atom is 0.227 e. The van der Waals surface area contributed by atoms with E-state index >= 15 is 0 Å². The fourth-order valence-corrected chi connectivity index (χ4v) is 3.87. The standard InChI is InChI=1S/C22H27FN6O3/c1-15-26-19(13-20(27-15)28-8-10-32-11-9-28)24-6-7-25-22(31)16-12-21(30)29(14-16)18-4-2-17(23)3-5-18/h2-5,13,16H,6-12,14H2,1H3,(H,25,31)(H,24,26,27). The number of nitrogens with zero attached hydrogens (tertiary/aromatic N) is 4. The molecule has 10 heteroatoms. The smallest absolute Gasteiger partial charge is 0.227 e. The van der Waals surface area contributed by atoms with Gasteiger partial charge in [-0.25, -0.2) is 14.4 Å². The maximum absolute atomic E-state index is 13.1. The van der Waals surface area contributed by atoms with Crippen LogP contribution in [0, 0.1) is 18.7 Å². The average Bonchev–Trinajstić information content (AvgIpc) is 3.19. The Morgan fingerprint density at radius 1 is 1.19 bits per heavy atom. The lowest BCUT2D eigenvalue weighted by Crippen LogP contribution is -2.37. The summed E-state index contributed by atoms with van der Waals surface area (Å²) >= 11 is 0. The van der Waals surface area contributed by atoms with E-state index in [-0.39, 0.29) is 30.6 Å². The quantitative estimate of drug-likeness (QED) is 0.625. The minimum Gasteiger partial charge on any atom is -0.378 e. The molecule has 2 aliphatic heterocycles. The van der Waals surface area contributed by atoms with E-state index in [1.807, 2.05) is 13.0 Å². The van der Waals surface area contributed by atoms with Gasteiger partial charge in [0.1, 0.15) is 23.3 Å². The number of hydrogen-bond donors (Lipinski definition) is 2. The van der Waals surface area contributed by atoms with Crippen molar-refractivity contribution in [1.29, 1.82) is 0 Å². The van der Waals surface area contributed by atoms with Crippen LogP contribution in [-0.4, -0.2) is 67.7 Å². The van der Waals surface area contributed by atoms with E-state index in [0.29, 0.717) is 43.6 Å². The number of nitrogens with one attached hydrogen (secondary N) is 2. The highest BCUT2D eigenvalue weighted by Crippen LogP contribution is 2.25. The molecule has 2 aromatic rings. The first kappa shape index (κ1) is 21.9. The van der Waals surface area contributed by atoms with Crippen molar-refractivity contribution in [2.45, 2.75) is 13.3 Å². The number of carbonyl (C=O) groups is 2. The lowest BCUT2D eigenvalue weighted by Gasteiger charge is -2.28. The molecule has 2 saturated heterocycles. The monoisotopic (exact) mass is 442 g/mol. The Balaban J connectivity index is 1.25. The second-order valence-electron chi connectivity index (χ2n) is 7.86. The van der Waals surface area contributed by atoms with Gasteiger partial charge in [0, 0.05) is 50.9 Å². The van der Waals surface area contributed by atoms with Crippen molar-refractivity contribution in [3.63, 3.8) is 0 Å². The molecule has 9 nitrogen and oxygen atoms in total. The molecule has 4 rings (SSSR count). The molecule has 2 fully saturated rings. The van der Waals surface area contributed by atoms with Gasteiger partial charge in [0.05, 0.1) is 19.1 Å². The molecule has 0 saturated carbocycles. The zero-order valence-electron chi connectivity index (χ0n) is 18.0. The molecule has 1 unspecified atom stereocenters. The van der Waals surface area contributed by atoms with Gasteiger partial charge in [0.2, 0.25) is 11.8 Å². The molecular formula is C22H27FN6O3. The van der Waals surface area contributed by atoms with Crippen molar-refractivity contribution in [2.75, 3.05) is 61.1 Å². The molecule has 1 atom stereocenters. The Bertz CT molecular complexity index is 965. The highest BCUT2D eigenvalue weighted by Gasteiger charge is 2.34. The van der Waals surface area contributed by atoms with E-state index in [2.05, 4.69) is 25.5 Å². The van der Waals surface area contributed by atoms with Gasteiger partial charge in [0.15, 0.2) is 0 Å². The Kier molecular flexibility index (Phi) is 6.79. The maximum atomic E-state index is 13.1. The molecule has 3 heterocycles. The number of carbonyl (C=O) groups excluding carboxylic acids is 2. The summed E-state index contributed by atoms with van der Waals surface area (Å²) in [7, 11) is 0. The van der Waals surface area contributed by atoms with Gasteiger partial charge in [-0.15, -0.1) is 0 Å². The zero-order valence-corrected chi connectivity index (χ0v) is 18.0. The van der Waals surface area contributed by atoms with Crippen molar-refractivity contribution < 1.29 is 18.7 Å². The number of amides is 2. The lowest BCUT2D eigenvalue weighted by atomic mass is 10.1. The molecule has 0 aliphatic carbocycles. The highest BCUT2D eigenvalue weighted by molar-refractivity contribution is 6.00. The summed E-state index contributed by atoms with van der Waals surface area (Å²) in [6.07, 6.45) is 0.144. The summed E-state index contributed by atoms with van der Waals surface area (Å²) < 4.78 is 18.5. The van der Waals surface area contributed by atoms with E-state index in [4.69, 9.17) is 4.74 Å². The van der Waals surface area contributed by atoms with Crippen LogP contribution in [0.1, 0.15) is 12.2 Å². The first-order chi connectivity index (χ1) is 15.5. The summed E-state index contributed by atoms with van der Waals surface area (Å²) in [6, 6.07) is 7.61. The number of aromatic nitrogens is 2. The Labute approximate surface area is 186 Å². The second-order valence-corrected chi connectivity index (χ2v) is 7.86. The summed E-state index contributed by atoms with van der Waals surface area (Å²) in [5.74, 6) is 1.13. The van der Waals surface area contributed by atoms with E-state index in [0.717, 1.165) is 18.9 Å². The fourth-order valence-electron chi connectivity index (χ4n) is 3.87. The third-order valence-electron chi connectivity index (χ3n) is 5.52. The number of aryl methyl sites for hydroxylation is 1. The average molecular weight is 442 g/mol. The van der Waals surface area contributed by atoms with Gasteiger partial charge >= 0.3 is 0 Å². The molecule has 2 amide bonds. The molecule has 2 N–H and O–H groups in total. The van der Waals surface area contributed by atoms with Crippen LogP contribution in [0.5, 0.6) is 0 Å². The normalized spacial score (nSPS) is 18.7. The largest absolute Gasteiger partial charge is 0.378 e. The molecule has 0 radical (unpaired) electrons. The summed E-state index contributed by atoms with van der Waals surface area (Å²) in [6.45, 7) is 5.98. The highest BCUT2D eigenvalue weighted by atomic mass is 19.1. The van der Waals surface area contributed by atoms with Crippen LogP contribution >= 0.6 is 0 Å². The minimum absolute atomic E-state index is 0.137. The van der Waals surface area contributed by atoms with Gasteiger partial charge in [-0.2, -0.15) is 0 Å². The SMILES string of the molecule is Cc1nc(NCCNC(=O)C2CC(=O)N(c3ccc(F)cc3)C2)cc(N2CCOCC2)n1. The van der Waals surface area contributed by atoms with Crippen molar-refractivity contribution in [3.8, 4) is 0 Å². The van der Waals surface area contributed by atoms with Crippen molar-refractivity contribution >= 4 is 29.1 Å². The number of hydrogen-bond acceptors (Lipinski definition) is 7. The predicted octanol–water partition coefficient (Wildman–Crippen LogP) is 1.34. The summed E-state index contributed by atoms with van der Waals surface area (Å²) in [4.78, 5) is 37.4. The number of rotatable bonds is 7. The van der Waals surface area contributed by atoms with E-state index in [1.54, 1.807) is 12.1 Å². The number of ether oxygens (including phenoxy) is 1. The van der Waals surface area contributed by atoms with Gasteiger partial charge < -0.3 is 25.2 Å². The Morgan fingerprint density at radius 3 is 2.69 bits per heavy atom. The van der Waals surface area contributed by atoms with Gasteiger partial charge in [-0.3, -0.25) is 9.59 Å². The van der Waals surface area contributed by atoms with Crippen LogP contribution in [0.3, 0.4) is 0 Å². The van der Waals surface area contributed by atoms with Crippen LogP contribution < -0.4 is 20.4 Å². The summed E-state index contributed by atoms with van der Waals surface area (Å²) in [5.41, 5.74) is 0.601. The molecule has 1 aromatic heterocycles. The number of morpholine rings is 1. The van der Waals surface area contributed by atoms with Crippen LogP contribution in [0.2, 0.25) is 0 Å². The Hall–Kier alpha value is -3.27. The van der Waals surface area contributed by atoms with E-state index in [9.17, 15) is 14.0 Å². The fraction of sp³-hybridized carbons (Fsp3) is 0.455. The Morgan fingerprint density at radius 2 is 1.94 bits per heavy atom. The molecular weight excluding hydrogens is 415 g/mol. The number of halogens is 1. The second kappa shape index (κ2) is 9.90. The van der Waals surface area contributed by atoms with Crippen LogP contribution in [0.15, 0.2) is 30.3 Å². The molecule has 1 aromatic carbocycles. The van der Waals surface area contributed by atoms with E-state index < -0.39 is 5.92 Å². The first-order valence-electron chi connectivity index (χ1n) is 10.8. The zero-order chi connectivity index (χ0) is 22.5. The van der Waals surface area contributed by atoms with Gasteiger partial charge in [0.25, 0.3) is 0 Å². The van der Waals surface area contributed by atoms with Crippen LogP contribution in [-0.2, 0) is 14.3 Å². The van der Waals surface area contributed by atoms with Crippen molar-refractivity contribution in [2.24, 2.45) is 5.92 Å².